The van der Waals surface area contributed by atoms with E-state index in [-0.39, 0.29) is 18.6 Å². The van der Waals surface area contributed by atoms with Crippen molar-refractivity contribution in [3.8, 4) is 5.75 Å². The van der Waals surface area contributed by atoms with Crippen molar-refractivity contribution in [1.82, 2.24) is 5.32 Å². The number of rotatable bonds is 9. The van der Waals surface area contributed by atoms with Crippen molar-refractivity contribution in [2.24, 2.45) is 0 Å². The summed E-state index contributed by atoms with van der Waals surface area (Å²) >= 11 is 5.92. The number of amides is 1. The van der Waals surface area contributed by atoms with Crippen LogP contribution in [0.2, 0.25) is 5.02 Å². The minimum atomic E-state index is -3.53. The van der Waals surface area contributed by atoms with Crippen molar-refractivity contribution >= 4 is 33.2 Å². The number of benzene rings is 3. The van der Waals surface area contributed by atoms with Crippen molar-refractivity contribution in [2.75, 3.05) is 10.6 Å². The van der Waals surface area contributed by atoms with Crippen molar-refractivity contribution in [1.29, 1.82) is 0 Å². The van der Waals surface area contributed by atoms with Crippen LogP contribution in [0.15, 0.2) is 72.8 Å². The minimum Gasteiger partial charge on any atom is -0.491 e. The predicted molar refractivity (Wildman–Crippen MR) is 132 cm³/mol. The lowest BCUT2D eigenvalue weighted by molar-refractivity contribution is 0.0951. The molecule has 0 saturated heterocycles. The Morgan fingerprint density at radius 2 is 1.52 bits per heavy atom. The molecular formula is C25H27ClN2O4S. The van der Waals surface area contributed by atoms with Gasteiger partial charge in [-0.1, -0.05) is 35.9 Å². The highest BCUT2D eigenvalue weighted by Gasteiger charge is 2.18. The van der Waals surface area contributed by atoms with Gasteiger partial charge in [-0.3, -0.25) is 9.10 Å². The normalized spacial score (nSPS) is 11.3. The molecule has 0 heterocycles. The zero-order chi connectivity index (χ0) is 24.0. The van der Waals surface area contributed by atoms with Crippen molar-refractivity contribution in [3.05, 3.63) is 94.5 Å². The number of anilines is 1. The molecular weight excluding hydrogens is 460 g/mol. The molecule has 0 atom stereocenters. The van der Waals surface area contributed by atoms with E-state index in [4.69, 9.17) is 16.3 Å². The number of nitrogens with zero attached hydrogens (tertiary/aromatic N) is 1. The van der Waals surface area contributed by atoms with Gasteiger partial charge in [-0.05, 0) is 73.5 Å². The van der Waals surface area contributed by atoms with Gasteiger partial charge in [-0.25, -0.2) is 8.42 Å². The summed E-state index contributed by atoms with van der Waals surface area (Å²) in [6.45, 7) is 4.46. The molecule has 3 rings (SSSR count). The Hall–Kier alpha value is -3.03. The van der Waals surface area contributed by atoms with Crippen LogP contribution >= 0.6 is 11.6 Å². The predicted octanol–water partition coefficient (Wildman–Crippen LogP) is 5.02. The molecule has 0 spiro atoms. The smallest absolute Gasteiger partial charge is 0.251 e. The van der Waals surface area contributed by atoms with Crippen LogP contribution in [0.1, 0.15) is 35.3 Å². The maximum atomic E-state index is 12.6. The minimum absolute atomic E-state index is 0.100. The SMILES string of the molecule is CC(C)Oc1ccc(CNC(=O)c2ccc(N(Cc3ccc(Cl)cc3)S(C)(=O)=O)cc2)cc1. The monoisotopic (exact) mass is 486 g/mol. The second-order valence-electron chi connectivity index (χ2n) is 7.94. The van der Waals surface area contributed by atoms with Gasteiger partial charge in [0.15, 0.2) is 0 Å². The van der Waals surface area contributed by atoms with E-state index in [1.54, 1.807) is 48.5 Å². The summed E-state index contributed by atoms with van der Waals surface area (Å²) in [5.41, 5.74) is 2.67. The lowest BCUT2D eigenvalue weighted by Gasteiger charge is -2.23. The molecule has 0 radical (unpaired) electrons. The number of hydrogen-bond acceptors (Lipinski definition) is 4. The molecule has 1 N–H and O–H groups in total. The van der Waals surface area contributed by atoms with Crippen LogP contribution in [0.5, 0.6) is 5.75 Å². The van der Waals surface area contributed by atoms with Crippen LogP contribution in [0.25, 0.3) is 0 Å². The van der Waals surface area contributed by atoms with E-state index in [0.29, 0.717) is 22.8 Å². The molecule has 3 aromatic carbocycles. The van der Waals surface area contributed by atoms with Crippen LogP contribution in [-0.4, -0.2) is 26.7 Å². The molecule has 0 fully saturated rings. The summed E-state index contributed by atoms with van der Waals surface area (Å²) in [4.78, 5) is 12.6. The first-order valence-electron chi connectivity index (χ1n) is 10.5. The Morgan fingerprint density at radius 1 is 0.939 bits per heavy atom. The third-order valence-electron chi connectivity index (χ3n) is 4.81. The molecule has 0 aliphatic carbocycles. The zero-order valence-corrected chi connectivity index (χ0v) is 20.4. The van der Waals surface area contributed by atoms with Crippen molar-refractivity contribution in [2.45, 2.75) is 33.0 Å². The van der Waals surface area contributed by atoms with Gasteiger partial charge in [0, 0.05) is 17.1 Å². The summed E-state index contributed by atoms with van der Waals surface area (Å²) in [5, 5.41) is 3.46. The highest BCUT2D eigenvalue weighted by Crippen LogP contribution is 2.22. The first kappa shape index (κ1) is 24.6. The van der Waals surface area contributed by atoms with Crippen LogP contribution in [0, 0.1) is 0 Å². The van der Waals surface area contributed by atoms with Crippen molar-refractivity contribution in [3.63, 3.8) is 0 Å². The second kappa shape index (κ2) is 10.7. The molecule has 1 amide bonds. The summed E-state index contributed by atoms with van der Waals surface area (Å²) in [6.07, 6.45) is 1.25. The van der Waals surface area contributed by atoms with Crippen LogP contribution in [0.3, 0.4) is 0 Å². The maximum absolute atomic E-state index is 12.6. The standard InChI is InChI=1S/C25H27ClN2O4S/c1-18(2)32-24-14-6-19(7-15-24)16-27-25(29)21-8-12-23(13-9-21)28(33(3,30)31)17-20-4-10-22(26)11-5-20/h4-15,18H,16-17H2,1-3H3,(H,27,29). The highest BCUT2D eigenvalue weighted by atomic mass is 35.5. The molecule has 8 heteroatoms. The van der Waals surface area contributed by atoms with Gasteiger partial charge in [-0.15, -0.1) is 0 Å². The van der Waals surface area contributed by atoms with Crippen LogP contribution < -0.4 is 14.4 Å². The van der Waals surface area contributed by atoms with E-state index in [1.807, 2.05) is 38.1 Å². The van der Waals surface area contributed by atoms with E-state index in [1.165, 1.54) is 4.31 Å². The average molecular weight is 487 g/mol. The van der Waals surface area contributed by atoms with E-state index in [9.17, 15) is 13.2 Å². The first-order chi connectivity index (χ1) is 15.6. The number of carbonyl (C=O) groups is 1. The maximum Gasteiger partial charge on any atom is 0.251 e. The lowest BCUT2D eigenvalue weighted by atomic mass is 10.1. The molecule has 0 saturated carbocycles. The Bertz CT molecular complexity index is 1180. The van der Waals surface area contributed by atoms with Gasteiger partial charge in [0.25, 0.3) is 5.91 Å². The van der Waals surface area contributed by atoms with E-state index in [0.717, 1.165) is 23.1 Å². The second-order valence-corrected chi connectivity index (χ2v) is 10.3. The lowest BCUT2D eigenvalue weighted by Crippen LogP contribution is -2.29. The zero-order valence-electron chi connectivity index (χ0n) is 18.8. The van der Waals surface area contributed by atoms with Gasteiger partial charge < -0.3 is 10.1 Å². The fraction of sp³-hybridized carbons (Fsp3) is 0.240. The molecule has 0 aliphatic rings. The van der Waals surface area contributed by atoms with Crippen LogP contribution in [0.4, 0.5) is 5.69 Å². The van der Waals surface area contributed by atoms with E-state index < -0.39 is 10.0 Å². The molecule has 33 heavy (non-hydrogen) atoms. The number of ether oxygens (including phenoxy) is 1. The first-order valence-corrected chi connectivity index (χ1v) is 12.7. The third kappa shape index (κ3) is 7.23. The van der Waals surface area contributed by atoms with Gasteiger partial charge in [0.1, 0.15) is 5.75 Å². The molecule has 0 unspecified atom stereocenters. The van der Waals surface area contributed by atoms with Gasteiger partial charge in [0.2, 0.25) is 10.0 Å². The van der Waals surface area contributed by atoms with Crippen LogP contribution in [-0.2, 0) is 23.1 Å². The Labute approximate surface area is 200 Å². The summed E-state index contributed by atoms with van der Waals surface area (Å²) < 4.78 is 31.7. The summed E-state index contributed by atoms with van der Waals surface area (Å²) in [5.74, 6) is 0.539. The molecule has 0 aliphatic heterocycles. The highest BCUT2D eigenvalue weighted by molar-refractivity contribution is 7.92. The molecule has 3 aromatic rings. The van der Waals surface area contributed by atoms with Crippen molar-refractivity contribution < 1.29 is 17.9 Å². The average Bonchev–Trinajstić information content (AvgIpc) is 2.77. The third-order valence-corrected chi connectivity index (χ3v) is 6.20. The molecule has 6 nitrogen and oxygen atoms in total. The number of carbonyl (C=O) groups excluding carboxylic acids is 1. The number of hydrogen-bond donors (Lipinski definition) is 1. The largest absolute Gasteiger partial charge is 0.491 e. The quantitative estimate of drug-likeness (QED) is 0.460. The summed E-state index contributed by atoms with van der Waals surface area (Å²) in [6, 6.07) is 21.0. The fourth-order valence-corrected chi connectivity index (χ4v) is 4.19. The Kier molecular flexibility index (Phi) is 8.00. The molecule has 174 valence electrons. The van der Waals surface area contributed by atoms with E-state index in [2.05, 4.69) is 5.32 Å². The number of sulfonamides is 1. The van der Waals surface area contributed by atoms with E-state index >= 15 is 0 Å². The molecule has 0 bridgehead atoms. The number of halogens is 1. The Balaban J connectivity index is 1.65. The summed E-state index contributed by atoms with van der Waals surface area (Å²) in [7, 11) is -3.53. The molecule has 0 aromatic heterocycles. The van der Waals surface area contributed by atoms with Gasteiger partial charge in [-0.2, -0.15) is 0 Å². The van der Waals surface area contributed by atoms with Gasteiger partial charge >= 0.3 is 0 Å². The topological polar surface area (TPSA) is 75.7 Å². The fourth-order valence-electron chi connectivity index (χ4n) is 3.18. The van der Waals surface area contributed by atoms with Gasteiger partial charge in [0.05, 0.1) is 24.6 Å². The Morgan fingerprint density at radius 3 is 2.06 bits per heavy atom. The number of nitrogens with one attached hydrogen (secondary N) is 1.